The van der Waals surface area contributed by atoms with Crippen molar-refractivity contribution in [2.45, 2.75) is 45.6 Å². The number of carbonyl (C=O) groups is 2. The molecule has 1 aromatic heterocycles. The molecule has 25 heavy (non-hydrogen) atoms. The molecule has 0 saturated carbocycles. The predicted octanol–water partition coefficient (Wildman–Crippen LogP) is 4.28. The molecule has 1 unspecified atom stereocenters. The first-order chi connectivity index (χ1) is 11.9. The monoisotopic (exact) mass is 360 g/mol. The summed E-state index contributed by atoms with van der Waals surface area (Å²) in [7, 11) is 1.80. The second-order valence-corrected chi connectivity index (χ2v) is 7.15. The Morgan fingerprint density at radius 3 is 2.48 bits per heavy atom. The highest BCUT2D eigenvalue weighted by Gasteiger charge is 2.22. The van der Waals surface area contributed by atoms with Crippen molar-refractivity contribution < 1.29 is 14.7 Å². The largest absolute Gasteiger partial charge is 0.481 e. The second kappa shape index (κ2) is 8.76. The van der Waals surface area contributed by atoms with Gasteiger partial charge in [0.15, 0.2) is 0 Å². The molecule has 1 aromatic carbocycles. The summed E-state index contributed by atoms with van der Waals surface area (Å²) in [6.07, 6.45) is 1.61. The van der Waals surface area contributed by atoms with Crippen LogP contribution in [-0.4, -0.2) is 33.9 Å². The number of benzene rings is 1. The molecule has 0 radical (unpaired) electrons. The van der Waals surface area contributed by atoms with Gasteiger partial charge >= 0.3 is 5.97 Å². The first-order valence-corrected chi connectivity index (χ1v) is 9.22. The first kappa shape index (κ1) is 19.1. The minimum absolute atomic E-state index is 0.0342. The highest BCUT2D eigenvalue weighted by Crippen LogP contribution is 2.34. The molecule has 0 aliphatic rings. The van der Waals surface area contributed by atoms with Gasteiger partial charge < -0.3 is 10.0 Å². The molecule has 0 fully saturated rings. The third-order valence-corrected chi connectivity index (χ3v) is 5.62. The van der Waals surface area contributed by atoms with Gasteiger partial charge in [0.05, 0.1) is 16.6 Å². The molecule has 0 spiro atoms. The molecule has 0 saturated heterocycles. The van der Waals surface area contributed by atoms with E-state index in [1.54, 1.807) is 23.3 Å². The van der Waals surface area contributed by atoms with Gasteiger partial charge in [0.25, 0.3) is 0 Å². The summed E-state index contributed by atoms with van der Waals surface area (Å²) in [5.74, 6) is -0.783. The summed E-state index contributed by atoms with van der Waals surface area (Å²) in [6.45, 7) is 3.98. The number of carboxylic acids is 1. The molecule has 5 nitrogen and oxygen atoms in total. The van der Waals surface area contributed by atoms with Gasteiger partial charge in [0, 0.05) is 25.5 Å². The lowest BCUT2D eigenvalue weighted by atomic mass is 10.1. The quantitative estimate of drug-likeness (QED) is 0.713. The van der Waals surface area contributed by atoms with Crippen LogP contribution in [0.15, 0.2) is 30.3 Å². The van der Waals surface area contributed by atoms with E-state index in [2.05, 4.69) is 4.98 Å². The molecule has 1 heterocycles. The van der Waals surface area contributed by atoms with Crippen molar-refractivity contribution in [3.63, 3.8) is 0 Å². The Labute approximate surface area is 152 Å². The van der Waals surface area contributed by atoms with E-state index in [0.717, 1.165) is 21.1 Å². The van der Waals surface area contributed by atoms with Gasteiger partial charge in [-0.1, -0.05) is 30.3 Å². The van der Waals surface area contributed by atoms with Gasteiger partial charge in [-0.05, 0) is 26.7 Å². The number of carbonyl (C=O) groups excluding carboxylic acids is 1. The molecular formula is C19H24N2O3S. The van der Waals surface area contributed by atoms with Gasteiger partial charge in [-0.3, -0.25) is 9.59 Å². The third-order valence-electron chi connectivity index (χ3n) is 4.24. The van der Waals surface area contributed by atoms with Crippen LogP contribution >= 0.6 is 11.3 Å². The topological polar surface area (TPSA) is 70.5 Å². The highest BCUT2D eigenvalue weighted by molar-refractivity contribution is 7.15. The van der Waals surface area contributed by atoms with Crippen LogP contribution in [0.1, 0.15) is 49.2 Å². The fourth-order valence-corrected chi connectivity index (χ4v) is 3.79. The molecule has 134 valence electrons. The van der Waals surface area contributed by atoms with E-state index in [0.29, 0.717) is 19.3 Å². The Bertz CT molecular complexity index is 728. The lowest BCUT2D eigenvalue weighted by molar-refractivity contribution is -0.137. The predicted molar refractivity (Wildman–Crippen MR) is 99.6 cm³/mol. The van der Waals surface area contributed by atoms with Gasteiger partial charge in [-0.25, -0.2) is 4.98 Å². The minimum Gasteiger partial charge on any atom is -0.481 e. The van der Waals surface area contributed by atoms with E-state index >= 15 is 0 Å². The standard InChI is InChI=1S/C19H24N2O3S/c1-13-18(25-19(20-13)15-9-5-4-6-10-15)14(2)21(3)16(22)11-7-8-12-17(23)24/h4-6,9-10,14H,7-8,11-12H2,1-3H3,(H,23,24). The van der Waals surface area contributed by atoms with Crippen LogP contribution in [-0.2, 0) is 9.59 Å². The SMILES string of the molecule is Cc1nc(-c2ccccc2)sc1C(C)N(C)C(=O)CCCCC(=O)O. The maximum Gasteiger partial charge on any atom is 0.303 e. The Balaban J connectivity index is 2.02. The summed E-state index contributed by atoms with van der Waals surface area (Å²) in [5, 5.41) is 9.61. The van der Waals surface area contributed by atoms with Crippen molar-refractivity contribution in [3.8, 4) is 10.6 Å². The van der Waals surface area contributed by atoms with E-state index in [9.17, 15) is 9.59 Å². The number of aliphatic carboxylic acids is 1. The Morgan fingerprint density at radius 1 is 1.20 bits per heavy atom. The number of rotatable bonds is 8. The summed E-state index contributed by atoms with van der Waals surface area (Å²) in [4.78, 5) is 30.3. The van der Waals surface area contributed by atoms with Gasteiger partial charge in [-0.2, -0.15) is 0 Å². The van der Waals surface area contributed by atoms with E-state index in [-0.39, 0.29) is 18.4 Å². The molecule has 2 aromatic rings. The van der Waals surface area contributed by atoms with Gasteiger partial charge in [-0.15, -0.1) is 11.3 Å². The van der Waals surface area contributed by atoms with E-state index in [1.807, 2.05) is 44.2 Å². The maximum atomic E-state index is 12.4. The second-order valence-electron chi connectivity index (χ2n) is 6.12. The van der Waals surface area contributed by atoms with Crippen LogP contribution < -0.4 is 0 Å². The zero-order valence-corrected chi connectivity index (χ0v) is 15.7. The Morgan fingerprint density at radius 2 is 1.84 bits per heavy atom. The van der Waals surface area contributed by atoms with Crippen LogP contribution in [0.5, 0.6) is 0 Å². The fraction of sp³-hybridized carbons (Fsp3) is 0.421. The lowest BCUT2D eigenvalue weighted by Crippen LogP contribution is -2.29. The smallest absolute Gasteiger partial charge is 0.303 e. The number of nitrogens with zero attached hydrogens (tertiary/aromatic N) is 2. The van der Waals surface area contributed by atoms with Crippen LogP contribution in [0.2, 0.25) is 0 Å². The highest BCUT2D eigenvalue weighted by atomic mass is 32.1. The maximum absolute atomic E-state index is 12.4. The molecule has 6 heteroatoms. The van der Waals surface area contributed by atoms with E-state index in [4.69, 9.17) is 5.11 Å². The number of amides is 1. The lowest BCUT2D eigenvalue weighted by Gasteiger charge is -2.24. The number of aromatic nitrogens is 1. The van der Waals surface area contributed by atoms with Crippen molar-refractivity contribution in [1.82, 2.24) is 9.88 Å². The summed E-state index contributed by atoms with van der Waals surface area (Å²) >= 11 is 1.62. The van der Waals surface area contributed by atoms with Crippen LogP contribution in [0, 0.1) is 6.92 Å². The zero-order chi connectivity index (χ0) is 18.4. The molecule has 1 N–H and O–H groups in total. The minimum atomic E-state index is -0.817. The first-order valence-electron chi connectivity index (χ1n) is 8.40. The number of carboxylic acid groups (broad SMARTS) is 1. The van der Waals surface area contributed by atoms with Crippen molar-refractivity contribution in [1.29, 1.82) is 0 Å². The number of hydrogen-bond acceptors (Lipinski definition) is 4. The van der Waals surface area contributed by atoms with Crippen molar-refractivity contribution in [2.75, 3.05) is 7.05 Å². The molecule has 1 amide bonds. The number of hydrogen-bond donors (Lipinski definition) is 1. The summed E-state index contributed by atoms with van der Waals surface area (Å²) in [5.41, 5.74) is 2.03. The molecule has 0 aliphatic heterocycles. The average Bonchev–Trinajstić information content (AvgIpc) is 2.99. The van der Waals surface area contributed by atoms with Gasteiger partial charge in [0.1, 0.15) is 5.01 Å². The number of aryl methyl sites for hydroxylation is 1. The van der Waals surface area contributed by atoms with Crippen molar-refractivity contribution >= 4 is 23.2 Å². The Hall–Kier alpha value is -2.21. The average molecular weight is 360 g/mol. The normalized spacial score (nSPS) is 12.0. The van der Waals surface area contributed by atoms with Gasteiger partial charge in [0.2, 0.25) is 5.91 Å². The molecule has 2 rings (SSSR count). The van der Waals surface area contributed by atoms with Crippen molar-refractivity contribution in [2.24, 2.45) is 0 Å². The number of thiazole rings is 1. The molecule has 0 bridgehead atoms. The van der Waals surface area contributed by atoms with Crippen LogP contribution in [0.4, 0.5) is 0 Å². The molecule has 1 atom stereocenters. The molecular weight excluding hydrogens is 336 g/mol. The molecule has 0 aliphatic carbocycles. The summed E-state index contributed by atoms with van der Waals surface area (Å²) in [6, 6.07) is 9.96. The summed E-state index contributed by atoms with van der Waals surface area (Å²) < 4.78 is 0. The van der Waals surface area contributed by atoms with E-state index < -0.39 is 5.97 Å². The zero-order valence-electron chi connectivity index (χ0n) is 14.9. The fourth-order valence-electron chi connectivity index (χ4n) is 2.62. The third kappa shape index (κ3) is 5.13. The number of unbranched alkanes of at least 4 members (excludes halogenated alkanes) is 1. The van der Waals surface area contributed by atoms with Crippen molar-refractivity contribution in [3.05, 3.63) is 40.9 Å². The van der Waals surface area contributed by atoms with E-state index in [1.165, 1.54) is 0 Å². The van der Waals surface area contributed by atoms with Crippen LogP contribution in [0.25, 0.3) is 10.6 Å². The Kier molecular flexibility index (Phi) is 6.70. The van der Waals surface area contributed by atoms with Crippen LogP contribution in [0.3, 0.4) is 0 Å².